The quantitative estimate of drug-likeness (QED) is 0.508. The first-order chi connectivity index (χ1) is 5.79. The number of hydrogen-bond donors (Lipinski definition) is 0. The van der Waals surface area contributed by atoms with Crippen LogP contribution in [0.4, 0.5) is 0 Å². The van der Waals surface area contributed by atoms with Gasteiger partial charge < -0.3 is 4.74 Å². The number of rotatable bonds is 2. The average Bonchev–Trinajstić information content (AvgIpc) is 2.31. The van der Waals surface area contributed by atoms with Gasteiger partial charge in [-0.3, -0.25) is 4.79 Å². The fourth-order valence-electron chi connectivity index (χ4n) is 2.31. The number of halogens is 2. The smallest absolute Gasteiger partial charge is 0.309 e. The average molecular weight is 209 g/mol. The molecule has 1 aliphatic heterocycles. The van der Waals surface area contributed by atoms with Crippen LogP contribution in [0, 0.1) is 23.7 Å². The highest BCUT2D eigenvalue weighted by atomic mass is 35.5. The summed E-state index contributed by atoms with van der Waals surface area (Å²) in [4.78, 5) is 11.1. The van der Waals surface area contributed by atoms with E-state index in [1.807, 2.05) is 0 Å². The highest BCUT2D eigenvalue weighted by molar-refractivity contribution is 6.19. The molecule has 2 nitrogen and oxygen atoms in total. The number of cyclic esters (lactones) is 1. The first kappa shape index (κ1) is 8.64. The number of carbonyl (C=O) groups excluding carboxylic acids is 1. The summed E-state index contributed by atoms with van der Waals surface area (Å²) in [5, 5.41) is 0. The molecule has 0 radical (unpaired) electrons. The Hall–Kier alpha value is 0.0500. The molecule has 1 saturated carbocycles. The second-order valence-corrected chi connectivity index (χ2v) is 4.07. The lowest BCUT2D eigenvalue weighted by Crippen LogP contribution is -2.49. The normalized spacial score (nSPS) is 45.0. The van der Waals surface area contributed by atoms with E-state index in [9.17, 15) is 4.79 Å². The van der Waals surface area contributed by atoms with Crippen molar-refractivity contribution in [3.05, 3.63) is 0 Å². The number of alkyl halides is 2. The lowest BCUT2D eigenvalue weighted by molar-refractivity contribution is -0.144. The van der Waals surface area contributed by atoms with Gasteiger partial charge in [0.25, 0.3) is 0 Å². The summed E-state index contributed by atoms with van der Waals surface area (Å²) in [6.45, 7) is 0.550. The molecule has 0 amide bonds. The van der Waals surface area contributed by atoms with Crippen molar-refractivity contribution in [2.45, 2.75) is 0 Å². The van der Waals surface area contributed by atoms with Crippen LogP contribution in [0.1, 0.15) is 0 Å². The second kappa shape index (κ2) is 3.08. The fourth-order valence-corrected chi connectivity index (χ4v) is 3.19. The van der Waals surface area contributed by atoms with Crippen LogP contribution in [0.5, 0.6) is 0 Å². The molecular weight excluding hydrogens is 199 g/mol. The number of esters is 1. The Morgan fingerprint density at radius 3 is 2.58 bits per heavy atom. The van der Waals surface area contributed by atoms with Gasteiger partial charge in [-0.2, -0.15) is 0 Å². The van der Waals surface area contributed by atoms with Gasteiger partial charge in [-0.15, -0.1) is 23.2 Å². The summed E-state index contributed by atoms with van der Waals surface area (Å²) in [5.74, 6) is 2.07. The fraction of sp³-hybridized carbons (Fsp3) is 0.875. The highest BCUT2D eigenvalue weighted by Gasteiger charge is 2.57. The van der Waals surface area contributed by atoms with Gasteiger partial charge in [0, 0.05) is 17.7 Å². The molecule has 2 fully saturated rings. The molecule has 12 heavy (non-hydrogen) atoms. The van der Waals surface area contributed by atoms with E-state index >= 15 is 0 Å². The molecular formula is C8H10Cl2O2. The van der Waals surface area contributed by atoms with E-state index < -0.39 is 0 Å². The molecule has 0 N–H and O–H groups in total. The van der Waals surface area contributed by atoms with Crippen molar-refractivity contribution in [1.82, 2.24) is 0 Å². The largest absolute Gasteiger partial charge is 0.465 e. The third-order valence-electron chi connectivity index (χ3n) is 3.07. The number of hydrogen-bond acceptors (Lipinski definition) is 2. The molecule has 1 aliphatic carbocycles. The van der Waals surface area contributed by atoms with Crippen molar-refractivity contribution in [2.24, 2.45) is 23.7 Å². The van der Waals surface area contributed by atoms with Crippen molar-refractivity contribution < 1.29 is 9.53 Å². The molecule has 0 unspecified atom stereocenters. The van der Waals surface area contributed by atoms with Gasteiger partial charge in [0.15, 0.2) is 0 Å². The van der Waals surface area contributed by atoms with Crippen molar-refractivity contribution in [1.29, 1.82) is 0 Å². The molecule has 1 saturated heterocycles. The van der Waals surface area contributed by atoms with Crippen LogP contribution in [0.25, 0.3) is 0 Å². The first-order valence-electron chi connectivity index (χ1n) is 4.08. The van der Waals surface area contributed by atoms with Crippen molar-refractivity contribution >= 4 is 29.2 Å². The Morgan fingerprint density at radius 1 is 1.33 bits per heavy atom. The number of carbonyl (C=O) groups is 1. The molecule has 0 spiro atoms. The zero-order valence-electron chi connectivity index (χ0n) is 6.50. The monoisotopic (exact) mass is 208 g/mol. The van der Waals surface area contributed by atoms with E-state index in [-0.39, 0.29) is 17.8 Å². The minimum absolute atomic E-state index is 0.0475. The van der Waals surface area contributed by atoms with Gasteiger partial charge in [0.2, 0.25) is 0 Å². The summed E-state index contributed by atoms with van der Waals surface area (Å²) < 4.78 is 4.95. The van der Waals surface area contributed by atoms with Gasteiger partial charge in [-0.25, -0.2) is 0 Å². The third-order valence-corrected chi connectivity index (χ3v) is 3.78. The molecule has 2 aliphatic rings. The predicted octanol–water partition coefficient (Wildman–Crippen LogP) is 1.50. The zero-order chi connectivity index (χ0) is 8.72. The predicted molar refractivity (Wildman–Crippen MR) is 46.4 cm³/mol. The van der Waals surface area contributed by atoms with Crippen molar-refractivity contribution in [3.8, 4) is 0 Å². The van der Waals surface area contributed by atoms with Gasteiger partial charge in [-0.1, -0.05) is 0 Å². The minimum Gasteiger partial charge on any atom is -0.465 e. The molecule has 0 bridgehead atoms. The topological polar surface area (TPSA) is 26.3 Å². The Morgan fingerprint density at radius 2 is 2.00 bits per heavy atom. The molecule has 2 rings (SSSR count). The summed E-state index contributed by atoms with van der Waals surface area (Å²) >= 11 is 11.5. The van der Waals surface area contributed by atoms with E-state index in [1.54, 1.807) is 0 Å². The van der Waals surface area contributed by atoms with Gasteiger partial charge >= 0.3 is 5.97 Å². The van der Waals surface area contributed by atoms with E-state index in [0.717, 1.165) is 0 Å². The van der Waals surface area contributed by atoms with Crippen molar-refractivity contribution in [3.63, 3.8) is 0 Å². The molecule has 1 heterocycles. The maximum absolute atomic E-state index is 11.1. The molecule has 0 aromatic rings. The molecule has 0 aromatic heterocycles. The molecule has 68 valence electrons. The highest BCUT2D eigenvalue weighted by Crippen LogP contribution is 2.51. The maximum Gasteiger partial charge on any atom is 0.309 e. The van der Waals surface area contributed by atoms with E-state index in [2.05, 4.69) is 0 Å². The third kappa shape index (κ3) is 0.975. The molecule has 4 heteroatoms. The van der Waals surface area contributed by atoms with Gasteiger partial charge in [0.1, 0.15) is 0 Å². The van der Waals surface area contributed by atoms with Gasteiger partial charge in [0.05, 0.1) is 12.5 Å². The SMILES string of the molecule is O=C1OC[C@H]2[C@@H](CCl)[C@@H](CCl)[C@@H]12. The van der Waals surface area contributed by atoms with Gasteiger partial charge in [-0.05, 0) is 11.8 Å². The summed E-state index contributed by atoms with van der Waals surface area (Å²) in [7, 11) is 0. The van der Waals surface area contributed by atoms with Crippen LogP contribution < -0.4 is 0 Å². The van der Waals surface area contributed by atoms with E-state index in [4.69, 9.17) is 27.9 Å². The zero-order valence-corrected chi connectivity index (χ0v) is 8.02. The van der Waals surface area contributed by atoms with Crippen LogP contribution in [0.3, 0.4) is 0 Å². The Kier molecular flexibility index (Phi) is 2.21. The summed E-state index contributed by atoms with van der Waals surface area (Å²) in [6, 6.07) is 0. The van der Waals surface area contributed by atoms with Crippen LogP contribution in [-0.2, 0) is 9.53 Å². The lowest BCUT2D eigenvalue weighted by atomic mass is 9.59. The van der Waals surface area contributed by atoms with Crippen LogP contribution in [-0.4, -0.2) is 24.3 Å². The lowest BCUT2D eigenvalue weighted by Gasteiger charge is -2.43. The summed E-state index contributed by atoms with van der Waals surface area (Å²) in [5.41, 5.74) is 0. The van der Waals surface area contributed by atoms with Crippen LogP contribution >= 0.6 is 23.2 Å². The van der Waals surface area contributed by atoms with E-state index in [0.29, 0.717) is 30.2 Å². The van der Waals surface area contributed by atoms with Crippen molar-refractivity contribution in [2.75, 3.05) is 18.4 Å². The Balaban J connectivity index is 2.09. The Labute approximate surface area is 81.2 Å². The number of ether oxygens (including phenoxy) is 1. The molecule has 4 atom stereocenters. The second-order valence-electron chi connectivity index (χ2n) is 3.46. The first-order valence-corrected chi connectivity index (χ1v) is 5.15. The van der Waals surface area contributed by atoms with E-state index in [1.165, 1.54) is 0 Å². The standard InChI is InChI=1S/C8H10Cl2O2/c9-1-4-5(2-10)7-6(4)3-12-8(7)11/h4-7H,1-3H2/t4-,5+,6-,7+/m0/s1. The molecule has 0 aromatic carbocycles. The summed E-state index contributed by atoms with van der Waals surface area (Å²) in [6.07, 6.45) is 0. The Bertz CT molecular complexity index is 207. The number of fused-ring (bicyclic) bond motifs is 1. The van der Waals surface area contributed by atoms with Crippen LogP contribution in [0.15, 0.2) is 0 Å². The minimum atomic E-state index is -0.0768. The maximum atomic E-state index is 11.1. The van der Waals surface area contributed by atoms with Crippen LogP contribution in [0.2, 0.25) is 0 Å².